The van der Waals surface area contributed by atoms with Gasteiger partial charge in [-0.3, -0.25) is 0 Å². The Balaban J connectivity index is 2.69. The van der Waals surface area contributed by atoms with Crippen LogP contribution in [0.5, 0.6) is 0 Å². The third kappa shape index (κ3) is 2.83. The summed E-state index contributed by atoms with van der Waals surface area (Å²) in [4.78, 5) is 11.1. The lowest BCUT2D eigenvalue weighted by Crippen LogP contribution is -2.14. The molecule has 0 saturated heterocycles. The number of ketones is 1. The van der Waals surface area contributed by atoms with Gasteiger partial charge >= 0.3 is 0 Å². The Kier molecular flexibility index (Phi) is 3.68. The van der Waals surface area contributed by atoms with Crippen molar-refractivity contribution in [3.8, 4) is 0 Å². The molecule has 1 fully saturated rings. The molecule has 0 aromatic heterocycles. The summed E-state index contributed by atoms with van der Waals surface area (Å²) in [6.45, 7) is 10.1. The summed E-state index contributed by atoms with van der Waals surface area (Å²) in [7, 11) is 0. The van der Waals surface area contributed by atoms with E-state index in [2.05, 4.69) is 20.4 Å². The molecular formula is C13H20O. The summed E-state index contributed by atoms with van der Waals surface area (Å²) in [5.41, 5.74) is 4.22. The van der Waals surface area contributed by atoms with E-state index in [0.717, 1.165) is 19.3 Å². The summed E-state index contributed by atoms with van der Waals surface area (Å²) in [5, 5.41) is 0. The molecule has 1 atom stereocenters. The van der Waals surface area contributed by atoms with Gasteiger partial charge in [0.05, 0.1) is 0 Å². The topological polar surface area (TPSA) is 17.1 Å². The first-order valence-corrected chi connectivity index (χ1v) is 5.33. The standard InChI is InChI=1S/C13H20O/c1-9(2)12-6-5-10(3)13(8-12)7-11(4)14/h13H,3,5-8H2,1-2,4H3. The van der Waals surface area contributed by atoms with Gasteiger partial charge in [0, 0.05) is 6.42 Å². The zero-order valence-electron chi connectivity index (χ0n) is 9.52. The van der Waals surface area contributed by atoms with Gasteiger partial charge in [-0.25, -0.2) is 0 Å². The Labute approximate surface area is 86.9 Å². The molecule has 1 saturated carbocycles. The van der Waals surface area contributed by atoms with E-state index in [4.69, 9.17) is 0 Å². The Bertz CT molecular complexity index is 280. The van der Waals surface area contributed by atoms with Crippen molar-refractivity contribution in [1.29, 1.82) is 0 Å². The maximum atomic E-state index is 11.1. The van der Waals surface area contributed by atoms with E-state index in [1.54, 1.807) is 6.92 Å². The molecule has 0 aromatic carbocycles. The molecule has 78 valence electrons. The van der Waals surface area contributed by atoms with E-state index in [9.17, 15) is 4.79 Å². The molecule has 0 aliphatic heterocycles. The molecule has 1 nitrogen and oxygen atoms in total. The smallest absolute Gasteiger partial charge is 0.130 e. The van der Waals surface area contributed by atoms with Crippen molar-refractivity contribution in [2.24, 2.45) is 5.92 Å². The zero-order chi connectivity index (χ0) is 10.7. The molecule has 0 bridgehead atoms. The molecule has 1 rings (SSSR count). The van der Waals surface area contributed by atoms with Crippen LogP contribution in [-0.2, 0) is 4.79 Å². The van der Waals surface area contributed by atoms with Gasteiger partial charge in [-0.2, -0.15) is 0 Å². The lowest BCUT2D eigenvalue weighted by Gasteiger charge is -2.27. The number of rotatable bonds is 2. The van der Waals surface area contributed by atoms with Crippen molar-refractivity contribution in [2.75, 3.05) is 0 Å². The van der Waals surface area contributed by atoms with E-state index in [-0.39, 0.29) is 5.78 Å². The number of Topliss-reactive ketones (excluding diaryl/α,β-unsaturated/α-hetero) is 1. The van der Waals surface area contributed by atoms with Gasteiger partial charge in [0.15, 0.2) is 0 Å². The lowest BCUT2D eigenvalue weighted by molar-refractivity contribution is -0.117. The van der Waals surface area contributed by atoms with E-state index in [0.29, 0.717) is 12.3 Å². The van der Waals surface area contributed by atoms with Crippen LogP contribution in [0.1, 0.15) is 46.5 Å². The summed E-state index contributed by atoms with van der Waals surface area (Å²) in [6.07, 6.45) is 3.95. The molecule has 0 amide bonds. The summed E-state index contributed by atoms with van der Waals surface area (Å²) >= 11 is 0. The first-order valence-electron chi connectivity index (χ1n) is 5.33. The molecule has 1 aliphatic carbocycles. The van der Waals surface area contributed by atoms with Crippen LogP contribution in [0.4, 0.5) is 0 Å². The predicted octanol–water partition coefficient (Wildman–Crippen LogP) is 3.66. The Hall–Kier alpha value is -0.850. The van der Waals surface area contributed by atoms with Crippen LogP contribution in [-0.4, -0.2) is 5.78 Å². The van der Waals surface area contributed by atoms with Crippen LogP contribution < -0.4 is 0 Å². The maximum absolute atomic E-state index is 11.1. The van der Waals surface area contributed by atoms with Crippen LogP contribution in [0.3, 0.4) is 0 Å². The highest BCUT2D eigenvalue weighted by atomic mass is 16.1. The molecule has 1 aliphatic rings. The van der Waals surface area contributed by atoms with Gasteiger partial charge in [-0.15, -0.1) is 0 Å². The molecule has 0 spiro atoms. The van der Waals surface area contributed by atoms with Gasteiger partial charge in [0.2, 0.25) is 0 Å². The normalized spacial score (nSPS) is 22.4. The summed E-state index contributed by atoms with van der Waals surface area (Å²) < 4.78 is 0. The quantitative estimate of drug-likeness (QED) is 0.610. The molecule has 1 heteroatoms. The van der Waals surface area contributed by atoms with Crippen molar-refractivity contribution < 1.29 is 4.79 Å². The minimum atomic E-state index is 0.283. The molecule has 14 heavy (non-hydrogen) atoms. The van der Waals surface area contributed by atoms with Crippen molar-refractivity contribution in [3.05, 3.63) is 23.3 Å². The maximum Gasteiger partial charge on any atom is 0.130 e. The number of carbonyl (C=O) groups excluding carboxylic acids is 1. The number of hydrogen-bond donors (Lipinski definition) is 0. The minimum Gasteiger partial charge on any atom is -0.300 e. The summed E-state index contributed by atoms with van der Waals surface area (Å²) in [5.74, 6) is 0.692. The fourth-order valence-corrected chi connectivity index (χ4v) is 2.08. The van der Waals surface area contributed by atoms with Crippen molar-refractivity contribution in [3.63, 3.8) is 0 Å². The van der Waals surface area contributed by atoms with Crippen LogP contribution in [0.25, 0.3) is 0 Å². The first-order chi connectivity index (χ1) is 6.50. The van der Waals surface area contributed by atoms with Crippen LogP contribution in [0.15, 0.2) is 23.3 Å². The number of hydrogen-bond acceptors (Lipinski definition) is 1. The highest BCUT2D eigenvalue weighted by molar-refractivity contribution is 5.76. The average molecular weight is 192 g/mol. The highest BCUT2D eigenvalue weighted by Crippen LogP contribution is 2.35. The first kappa shape index (κ1) is 11.2. The monoisotopic (exact) mass is 192 g/mol. The van der Waals surface area contributed by atoms with Gasteiger partial charge in [-0.05, 0) is 46.0 Å². The second kappa shape index (κ2) is 4.59. The van der Waals surface area contributed by atoms with Gasteiger partial charge in [0.25, 0.3) is 0 Å². The minimum absolute atomic E-state index is 0.283. The fourth-order valence-electron chi connectivity index (χ4n) is 2.08. The van der Waals surface area contributed by atoms with Crippen LogP contribution in [0, 0.1) is 5.92 Å². The van der Waals surface area contributed by atoms with Gasteiger partial charge < -0.3 is 4.79 Å². The molecule has 1 unspecified atom stereocenters. The second-order valence-electron chi connectivity index (χ2n) is 4.57. The third-order valence-corrected chi connectivity index (χ3v) is 3.06. The van der Waals surface area contributed by atoms with E-state index >= 15 is 0 Å². The number of carbonyl (C=O) groups is 1. The van der Waals surface area contributed by atoms with E-state index in [1.807, 2.05) is 0 Å². The van der Waals surface area contributed by atoms with Crippen LogP contribution >= 0.6 is 0 Å². The predicted molar refractivity (Wildman–Crippen MR) is 60.2 cm³/mol. The van der Waals surface area contributed by atoms with Crippen molar-refractivity contribution in [1.82, 2.24) is 0 Å². The largest absolute Gasteiger partial charge is 0.300 e. The fraction of sp³-hybridized carbons (Fsp3) is 0.615. The second-order valence-corrected chi connectivity index (χ2v) is 4.57. The number of allylic oxidation sites excluding steroid dienone is 3. The Morgan fingerprint density at radius 3 is 2.50 bits per heavy atom. The zero-order valence-corrected chi connectivity index (χ0v) is 9.52. The van der Waals surface area contributed by atoms with Crippen molar-refractivity contribution >= 4 is 5.78 Å². The van der Waals surface area contributed by atoms with E-state index in [1.165, 1.54) is 16.7 Å². The lowest BCUT2D eigenvalue weighted by atomic mass is 9.78. The highest BCUT2D eigenvalue weighted by Gasteiger charge is 2.21. The molecule has 0 radical (unpaired) electrons. The molecule has 0 heterocycles. The van der Waals surface area contributed by atoms with E-state index < -0.39 is 0 Å². The average Bonchev–Trinajstić information content (AvgIpc) is 2.07. The SMILES string of the molecule is C=C1CCC(=C(C)C)CC1CC(C)=O. The van der Waals surface area contributed by atoms with Crippen LogP contribution in [0.2, 0.25) is 0 Å². The van der Waals surface area contributed by atoms with Gasteiger partial charge in [-0.1, -0.05) is 23.3 Å². The Morgan fingerprint density at radius 2 is 2.00 bits per heavy atom. The molecular weight excluding hydrogens is 172 g/mol. The summed E-state index contributed by atoms with van der Waals surface area (Å²) in [6, 6.07) is 0. The van der Waals surface area contributed by atoms with Crippen molar-refractivity contribution in [2.45, 2.75) is 46.5 Å². The Morgan fingerprint density at radius 1 is 1.36 bits per heavy atom. The molecule has 0 aromatic rings. The third-order valence-electron chi connectivity index (χ3n) is 3.06. The van der Waals surface area contributed by atoms with Gasteiger partial charge in [0.1, 0.15) is 5.78 Å². The molecule has 0 N–H and O–H groups in total.